The molecular formula is C20H26N8O3. The lowest BCUT2D eigenvalue weighted by Crippen LogP contribution is -2.38. The molecule has 0 unspecified atom stereocenters. The van der Waals surface area contributed by atoms with Crippen LogP contribution in [0.1, 0.15) is 24.2 Å². The van der Waals surface area contributed by atoms with Crippen LogP contribution in [0.5, 0.6) is 5.88 Å². The monoisotopic (exact) mass is 426 g/mol. The smallest absolute Gasteiger partial charge is 0.257 e. The minimum atomic E-state index is -0.434. The molecule has 0 aromatic carbocycles. The first-order valence-corrected chi connectivity index (χ1v) is 9.92. The van der Waals surface area contributed by atoms with Crippen molar-refractivity contribution in [3.63, 3.8) is 0 Å². The fourth-order valence-electron chi connectivity index (χ4n) is 2.77. The summed E-state index contributed by atoms with van der Waals surface area (Å²) in [6.45, 7) is 4.71. The summed E-state index contributed by atoms with van der Waals surface area (Å²) in [6, 6.07) is 7.12. The normalized spacial score (nSPS) is 10.6. The zero-order chi connectivity index (χ0) is 22.4. The Balaban J connectivity index is 1.87. The van der Waals surface area contributed by atoms with Crippen molar-refractivity contribution in [2.75, 3.05) is 44.4 Å². The summed E-state index contributed by atoms with van der Waals surface area (Å²) >= 11 is 0. The fourth-order valence-corrected chi connectivity index (χ4v) is 2.77. The first-order valence-electron chi connectivity index (χ1n) is 9.92. The number of carbonyl (C=O) groups is 2. The third-order valence-corrected chi connectivity index (χ3v) is 4.54. The van der Waals surface area contributed by atoms with Crippen LogP contribution in [0, 0.1) is 0 Å². The Morgan fingerprint density at radius 2 is 2.00 bits per heavy atom. The standard InChI is InChI=1S/C20H26N8O3/c1-5-27(4)18(29)12-22-20(30)13-11-23-28-16(21-3)10-15(26-19(13)28)24-14-8-7-9-17(25-14)31-6-2/h7-11,21H,5-6,12H2,1-4H3,(H,22,30)(H,24,25,26). The van der Waals surface area contributed by atoms with Gasteiger partial charge in [-0.1, -0.05) is 6.07 Å². The van der Waals surface area contributed by atoms with E-state index in [1.807, 2.05) is 19.9 Å². The highest BCUT2D eigenvalue weighted by atomic mass is 16.5. The zero-order valence-corrected chi connectivity index (χ0v) is 18.0. The molecule has 11 heteroatoms. The Morgan fingerprint density at radius 1 is 1.19 bits per heavy atom. The number of nitrogens with zero attached hydrogens (tertiary/aromatic N) is 5. The molecule has 0 saturated heterocycles. The lowest BCUT2D eigenvalue weighted by atomic mass is 10.3. The van der Waals surface area contributed by atoms with Crippen molar-refractivity contribution >= 4 is 34.9 Å². The molecule has 0 aliphatic carbocycles. The predicted octanol–water partition coefficient (Wildman–Crippen LogP) is 1.52. The number of carbonyl (C=O) groups excluding carboxylic acids is 2. The van der Waals surface area contributed by atoms with Crippen molar-refractivity contribution in [2.24, 2.45) is 0 Å². The molecule has 0 spiro atoms. The van der Waals surface area contributed by atoms with Gasteiger partial charge in [0, 0.05) is 32.8 Å². The molecule has 164 valence electrons. The second-order valence-corrected chi connectivity index (χ2v) is 6.58. The maximum absolute atomic E-state index is 12.7. The number of likely N-dealkylation sites (N-methyl/N-ethyl adjacent to an activating group) is 1. The third kappa shape index (κ3) is 5.00. The minimum Gasteiger partial charge on any atom is -0.478 e. The number of aromatic nitrogens is 4. The van der Waals surface area contributed by atoms with Crippen LogP contribution in [0.2, 0.25) is 0 Å². The largest absolute Gasteiger partial charge is 0.478 e. The van der Waals surface area contributed by atoms with Crippen LogP contribution in [0.4, 0.5) is 17.5 Å². The number of hydrogen-bond donors (Lipinski definition) is 3. The minimum absolute atomic E-state index is 0.106. The molecule has 0 saturated carbocycles. The van der Waals surface area contributed by atoms with Crippen molar-refractivity contribution in [3.05, 3.63) is 36.0 Å². The van der Waals surface area contributed by atoms with E-state index in [9.17, 15) is 9.59 Å². The second kappa shape index (κ2) is 9.74. The molecule has 3 aromatic rings. The van der Waals surface area contributed by atoms with Crippen LogP contribution >= 0.6 is 0 Å². The van der Waals surface area contributed by atoms with E-state index >= 15 is 0 Å². The molecule has 3 N–H and O–H groups in total. The van der Waals surface area contributed by atoms with E-state index in [4.69, 9.17) is 4.74 Å². The van der Waals surface area contributed by atoms with Gasteiger partial charge in [0.1, 0.15) is 23.0 Å². The summed E-state index contributed by atoms with van der Waals surface area (Å²) in [4.78, 5) is 35.1. The summed E-state index contributed by atoms with van der Waals surface area (Å²) in [6.07, 6.45) is 1.42. The Kier molecular flexibility index (Phi) is 6.85. The summed E-state index contributed by atoms with van der Waals surface area (Å²) in [5.74, 6) is 1.51. The number of fused-ring (bicyclic) bond motifs is 1. The molecule has 0 fully saturated rings. The van der Waals surface area contributed by atoms with Gasteiger partial charge in [0.2, 0.25) is 11.8 Å². The van der Waals surface area contributed by atoms with Crippen molar-refractivity contribution in [3.8, 4) is 5.88 Å². The van der Waals surface area contributed by atoms with Crippen molar-refractivity contribution < 1.29 is 14.3 Å². The lowest BCUT2D eigenvalue weighted by Gasteiger charge is -2.14. The molecule has 31 heavy (non-hydrogen) atoms. The average Bonchev–Trinajstić information content (AvgIpc) is 3.20. The topological polar surface area (TPSA) is 126 Å². The molecule has 2 amide bonds. The van der Waals surface area contributed by atoms with E-state index in [0.29, 0.717) is 42.1 Å². The van der Waals surface area contributed by atoms with Gasteiger partial charge in [-0.25, -0.2) is 4.98 Å². The maximum Gasteiger partial charge on any atom is 0.257 e. The molecule has 0 aliphatic rings. The molecule has 0 aliphatic heterocycles. The van der Waals surface area contributed by atoms with E-state index in [0.717, 1.165) is 0 Å². The van der Waals surface area contributed by atoms with Crippen LogP contribution in [-0.2, 0) is 4.79 Å². The van der Waals surface area contributed by atoms with Gasteiger partial charge in [-0.2, -0.15) is 14.6 Å². The van der Waals surface area contributed by atoms with Gasteiger partial charge in [0.15, 0.2) is 5.65 Å². The average molecular weight is 426 g/mol. The highest BCUT2D eigenvalue weighted by Gasteiger charge is 2.18. The van der Waals surface area contributed by atoms with Crippen LogP contribution in [0.25, 0.3) is 5.65 Å². The number of anilines is 3. The Labute approximate surface area is 179 Å². The molecule has 0 atom stereocenters. The highest BCUT2D eigenvalue weighted by molar-refractivity contribution is 6.01. The molecule has 11 nitrogen and oxygen atoms in total. The molecule has 0 radical (unpaired) electrons. The lowest BCUT2D eigenvalue weighted by molar-refractivity contribution is -0.128. The van der Waals surface area contributed by atoms with Gasteiger partial charge in [0.05, 0.1) is 19.3 Å². The number of hydrogen-bond acceptors (Lipinski definition) is 8. The Hall–Kier alpha value is -3.89. The van der Waals surface area contributed by atoms with Gasteiger partial charge < -0.3 is 25.6 Å². The molecule has 0 bridgehead atoms. The second-order valence-electron chi connectivity index (χ2n) is 6.58. The van der Waals surface area contributed by atoms with Crippen LogP contribution in [0.3, 0.4) is 0 Å². The molecular weight excluding hydrogens is 400 g/mol. The van der Waals surface area contributed by atoms with Gasteiger partial charge in [0.25, 0.3) is 5.91 Å². The van der Waals surface area contributed by atoms with E-state index in [1.165, 1.54) is 15.6 Å². The van der Waals surface area contributed by atoms with Crippen LogP contribution in [0.15, 0.2) is 30.5 Å². The van der Waals surface area contributed by atoms with E-state index in [2.05, 4.69) is 31.0 Å². The van der Waals surface area contributed by atoms with E-state index in [-0.39, 0.29) is 18.0 Å². The Morgan fingerprint density at radius 3 is 2.71 bits per heavy atom. The molecule has 3 aromatic heterocycles. The summed E-state index contributed by atoms with van der Waals surface area (Å²) in [5, 5.41) is 13.0. The van der Waals surface area contributed by atoms with Crippen molar-refractivity contribution in [1.29, 1.82) is 0 Å². The SMILES string of the molecule is CCOc1cccc(Nc2cc(NC)n3ncc(C(=O)NCC(=O)N(C)CC)c3n2)n1. The highest BCUT2D eigenvalue weighted by Crippen LogP contribution is 2.22. The number of ether oxygens (including phenoxy) is 1. The van der Waals surface area contributed by atoms with E-state index in [1.54, 1.807) is 32.3 Å². The first-order chi connectivity index (χ1) is 15.0. The van der Waals surface area contributed by atoms with Crippen molar-refractivity contribution in [2.45, 2.75) is 13.8 Å². The number of amides is 2. The van der Waals surface area contributed by atoms with Gasteiger partial charge >= 0.3 is 0 Å². The third-order valence-electron chi connectivity index (χ3n) is 4.54. The summed E-state index contributed by atoms with van der Waals surface area (Å²) < 4.78 is 6.94. The molecule has 3 heterocycles. The van der Waals surface area contributed by atoms with Crippen molar-refractivity contribution in [1.82, 2.24) is 29.8 Å². The molecule has 3 rings (SSSR count). The maximum atomic E-state index is 12.7. The quantitative estimate of drug-likeness (QED) is 0.470. The van der Waals surface area contributed by atoms with Gasteiger partial charge in [-0.3, -0.25) is 9.59 Å². The van der Waals surface area contributed by atoms with Crippen LogP contribution in [-0.4, -0.2) is 70.1 Å². The van der Waals surface area contributed by atoms with Gasteiger partial charge in [-0.05, 0) is 19.9 Å². The van der Waals surface area contributed by atoms with Crippen LogP contribution < -0.4 is 20.7 Å². The summed E-state index contributed by atoms with van der Waals surface area (Å²) in [7, 11) is 3.42. The number of rotatable bonds is 9. The fraction of sp³-hybridized carbons (Fsp3) is 0.350. The van der Waals surface area contributed by atoms with E-state index < -0.39 is 5.91 Å². The predicted molar refractivity (Wildman–Crippen MR) is 117 cm³/mol. The van der Waals surface area contributed by atoms with Gasteiger partial charge in [-0.15, -0.1) is 0 Å². The zero-order valence-electron chi connectivity index (χ0n) is 18.0. The summed E-state index contributed by atoms with van der Waals surface area (Å²) in [5.41, 5.74) is 0.590. The number of pyridine rings is 1. The first kappa shape index (κ1) is 21.8. The number of nitrogens with one attached hydrogen (secondary N) is 3. The Bertz CT molecular complexity index is 1080.